The van der Waals surface area contributed by atoms with Gasteiger partial charge in [0.05, 0.1) is 0 Å². The maximum atomic E-state index is 10.9. The summed E-state index contributed by atoms with van der Waals surface area (Å²) < 4.78 is 1.28. The van der Waals surface area contributed by atoms with Crippen LogP contribution in [0.15, 0.2) is 36.7 Å². The summed E-state index contributed by atoms with van der Waals surface area (Å²) in [5.41, 5.74) is 1.38. The average Bonchev–Trinajstić information content (AvgIpc) is 2.29. The van der Waals surface area contributed by atoms with E-state index in [0.29, 0.717) is 11.0 Å². The van der Waals surface area contributed by atoms with Gasteiger partial charge < -0.3 is 5.11 Å². The number of carbonyl (C=O) groups is 1. The lowest BCUT2D eigenvalue weighted by Gasteiger charge is -1.96. The van der Waals surface area contributed by atoms with E-state index in [1.807, 2.05) is 0 Å². The van der Waals surface area contributed by atoms with Crippen LogP contribution in [0.25, 0.3) is 11.0 Å². The van der Waals surface area contributed by atoms with Gasteiger partial charge in [-0.15, -0.1) is 0 Å². The van der Waals surface area contributed by atoms with Crippen LogP contribution in [0.4, 0.5) is 0 Å². The Balaban J connectivity index is 2.46. The molecule has 76 valence electrons. The van der Waals surface area contributed by atoms with Gasteiger partial charge in [0.15, 0.2) is 0 Å². The highest BCUT2D eigenvalue weighted by Gasteiger charge is 2.14. The van der Waals surface area contributed by atoms with E-state index in [1.165, 1.54) is 4.73 Å². The van der Waals surface area contributed by atoms with Crippen LogP contribution in [0.1, 0.15) is 0 Å². The molecule has 0 aromatic carbocycles. The average molecular weight is 205 g/mol. The summed E-state index contributed by atoms with van der Waals surface area (Å²) in [5.74, 6) is -0.712. The summed E-state index contributed by atoms with van der Waals surface area (Å²) in [6.45, 7) is -0.649. The van der Waals surface area contributed by atoms with Crippen LogP contribution in [0, 0.1) is 0 Å². The van der Waals surface area contributed by atoms with Crippen molar-refractivity contribution in [3.63, 3.8) is 0 Å². The van der Waals surface area contributed by atoms with E-state index < -0.39 is 12.6 Å². The zero-order chi connectivity index (χ0) is 10.7. The quantitative estimate of drug-likeness (QED) is 0.669. The molecule has 2 rings (SSSR count). The third kappa shape index (κ3) is 1.92. The SMILES string of the molecule is O=C(CO)O[n+]1cccc2ncccc21. The zero-order valence-corrected chi connectivity index (χ0v) is 7.83. The van der Waals surface area contributed by atoms with Gasteiger partial charge in [0.2, 0.25) is 6.20 Å². The summed E-state index contributed by atoms with van der Waals surface area (Å²) in [6, 6.07) is 7.03. The van der Waals surface area contributed by atoms with Crippen LogP contribution in [0.5, 0.6) is 0 Å². The zero-order valence-electron chi connectivity index (χ0n) is 7.83. The van der Waals surface area contributed by atoms with Crippen LogP contribution in [-0.4, -0.2) is 22.7 Å². The number of aromatic nitrogens is 2. The Kier molecular flexibility index (Phi) is 2.55. The summed E-state index contributed by atoms with van der Waals surface area (Å²) >= 11 is 0. The molecule has 0 aliphatic rings. The number of carbonyl (C=O) groups excluding carboxylic acids is 1. The maximum absolute atomic E-state index is 10.9. The number of aliphatic hydroxyl groups is 1. The molecule has 0 fully saturated rings. The Morgan fingerprint density at radius 3 is 3.13 bits per heavy atom. The fourth-order valence-corrected chi connectivity index (χ4v) is 1.23. The van der Waals surface area contributed by atoms with Gasteiger partial charge in [0, 0.05) is 23.1 Å². The molecule has 0 unspecified atom stereocenters. The minimum absolute atomic E-state index is 0.649. The van der Waals surface area contributed by atoms with Crippen molar-refractivity contribution >= 4 is 17.0 Å². The summed E-state index contributed by atoms with van der Waals surface area (Å²) in [6.07, 6.45) is 3.23. The predicted octanol–water partition coefficient (Wildman–Crippen LogP) is -0.530. The van der Waals surface area contributed by atoms with E-state index in [0.717, 1.165) is 0 Å². The molecule has 2 aromatic rings. The number of pyridine rings is 2. The van der Waals surface area contributed by atoms with E-state index in [2.05, 4.69) is 4.98 Å². The molecule has 0 radical (unpaired) electrons. The number of hydrogen-bond donors (Lipinski definition) is 1. The molecule has 2 aromatic heterocycles. The van der Waals surface area contributed by atoms with Crippen molar-refractivity contribution < 1.29 is 19.5 Å². The molecule has 0 aliphatic carbocycles. The van der Waals surface area contributed by atoms with Gasteiger partial charge in [-0.1, -0.05) is 0 Å². The number of aliphatic hydroxyl groups excluding tert-OH is 1. The minimum atomic E-state index is -0.712. The molecule has 0 spiro atoms. The van der Waals surface area contributed by atoms with Crippen molar-refractivity contribution in [3.05, 3.63) is 36.7 Å². The lowest BCUT2D eigenvalue weighted by atomic mass is 10.3. The van der Waals surface area contributed by atoms with Crippen LogP contribution < -0.4 is 9.57 Å². The molecule has 0 amide bonds. The van der Waals surface area contributed by atoms with Crippen LogP contribution in [-0.2, 0) is 4.79 Å². The Hall–Kier alpha value is -2.01. The first-order valence-corrected chi connectivity index (χ1v) is 4.38. The smallest absolute Gasteiger partial charge is 0.384 e. The second-order valence-corrected chi connectivity index (χ2v) is 2.86. The monoisotopic (exact) mass is 205 g/mol. The Morgan fingerprint density at radius 1 is 1.47 bits per heavy atom. The van der Waals surface area contributed by atoms with Crippen molar-refractivity contribution in [1.82, 2.24) is 4.98 Å². The standard InChI is InChI=1S/C10H9N2O3/c13-7-10(14)15-12-6-2-3-8-9(12)4-1-5-11-8/h1-6,13H,7H2/q+1. The topological polar surface area (TPSA) is 63.3 Å². The summed E-state index contributed by atoms with van der Waals surface area (Å²) in [4.78, 5) is 19.9. The molecule has 0 saturated heterocycles. The van der Waals surface area contributed by atoms with E-state index in [4.69, 9.17) is 9.94 Å². The third-order valence-electron chi connectivity index (χ3n) is 1.86. The second kappa shape index (κ2) is 4.02. The fourth-order valence-electron chi connectivity index (χ4n) is 1.23. The van der Waals surface area contributed by atoms with Gasteiger partial charge >= 0.3 is 5.97 Å². The lowest BCUT2D eigenvalue weighted by Crippen LogP contribution is -2.47. The molecule has 5 nitrogen and oxygen atoms in total. The molecular weight excluding hydrogens is 196 g/mol. The predicted molar refractivity (Wildman–Crippen MR) is 50.6 cm³/mol. The lowest BCUT2D eigenvalue weighted by molar-refractivity contribution is -0.848. The molecule has 0 saturated carbocycles. The molecule has 2 heterocycles. The van der Waals surface area contributed by atoms with E-state index >= 15 is 0 Å². The van der Waals surface area contributed by atoms with Crippen molar-refractivity contribution in [2.24, 2.45) is 0 Å². The van der Waals surface area contributed by atoms with E-state index in [1.54, 1.807) is 36.7 Å². The normalized spacial score (nSPS) is 10.2. The first-order chi connectivity index (χ1) is 7.31. The van der Waals surface area contributed by atoms with Gasteiger partial charge in [-0.05, 0) is 12.1 Å². The number of rotatable bonds is 2. The van der Waals surface area contributed by atoms with Crippen molar-refractivity contribution in [3.8, 4) is 0 Å². The Labute approximate surface area is 85.5 Å². The Bertz CT molecular complexity index is 493. The van der Waals surface area contributed by atoms with E-state index in [-0.39, 0.29) is 0 Å². The molecule has 0 atom stereocenters. The molecule has 1 N–H and O–H groups in total. The van der Waals surface area contributed by atoms with Crippen LogP contribution in [0.3, 0.4) is 0 Å². The van der Waals surface area contributed by atoms with Gasteiger partial charge in [-0.3, -0.25) is 0 Å². The highest BCUT2D eigenvalue weighted by molar-refractivity contribution is 5.72. The first kappa shape index (κ1) is 9.54. The maximum Gasteiger partial charge on any atom is 0.405 e. The van der Waals surface area contributed by atoms with Gasteiger partial charge in [-0.25, -0.2) is 9.78 Å². The largest absolute Gasteiger partial charge is 0.405 e. The second-order valence-electron chi connectivity index (χ2n) is 2.86. The molecule has 0 aliphatic heterocycles. The molecule has 15 heavy (non-hydrogen) atoms. The van der Waals surface area contributed by atoms with Crippen LogP contribution in [0.2, 0.25) is 0 Å². The Morgan fingerprint density at radius 2 is 2.33 bits per heavy atom. The number of nitrogens with zero attached hydrogens (tertiary/aromatic N) is 2. The summed E-state index contributed by atoms with van der Waals surface area (Å²) in [7, 11) is 0. The molecule has 0 bridgehead atoms. The van der Waals surface area contributed by atoms with Gasteiger partial charge in [0.1, 0.15) is 12.1 Å². The van der Waals surface area contributed by atoms with Crippen molar-refractivity contribution in [1.29, 1.82) is 0 Å². The van der Waals surface area contributed by atoms with Gasteiger partial charge in [0.25, 0.3) is 5.52 Å². The number of fused-ring (bicyclic) bond motifs is 1. The fraction of sp³-hybridized carbons (Fsp3) is 0.100. The molecular formula is C10H9N2O3+. The first-order valence-electron chi connectivity index (χ1n) is 4.38. The highest BCUT2D eigenvalue weighted by Crippen LogP contribution is 2.03. The summed E-state index contributed by atoms with van der Waals surface area (Å²) in [5, 5.41) is 8.56. The van der Waals surface area contributed by atoms with E-state index in [9.17, 15) is 4.79 Å². The third-order valence-corrected chi connectivity index (χ3v) is 1.86. The molecule has 5 heteroatoms. The van der Waals surface area contributed by atoms with Crippen molar-refractivity contribution in [2.75, 3.05) is 6.61 Å². The highest BCUT2D eigenvalue weighted by atomic mass is 16.7. The van der Waals surface area contributed by atoms with Gasteiger partial charge in [-0.2, -0.15) is 4.84 Å². The van der Waals surface area contributed by atoms with Crippen LogP contribution >= 0.6 is 0 Å². The van der Waals surface area contributed by atoms with Crippen molar-refractivity contribution in [2.45, 2.75) is 0 Å². The number of hydrogen-bond acceptors (Lipinski definition) is 4. The minimum Gasteiger partial charge on any atom is -0.384 e.